The number of benzene rings is 2. The molecule has 1 saturated heterocycles. The standard InChI is InChI=1S/C17H18FN3O6S2/c1-10-3-4-14(19-28(2,24)25)12(5-10)6-11-7-13(18)17(15(22)8-11)21-9-16(23)20-29(21,26)27/h3-5,7-8,19,22H,6,9H2,1-2H3,(H,20,23). The molecule has 1 aliphatic rings. The highest BCUT2D eigenvalue weighted by atomic mass is 32.2. The van der Waals surface area contributed by atoms with E-state index in [0.717, 1.165) is 17.9 Å². The largest absolute Gasteiger partial charge is 0.506 e. The fourth-order valence-electron chi connectivity index (χ4n) is 3.02. The highest BCUT2D eigenvalue weighted by Gasteiger charge is 2.37. The molecule has 156 valence electrons. The molecule has 0 spiro atoms. The Kier molecular flexibility index (Phi) is 5.17. The zero-order valence-corrected chi connectivity index (χ0v) is 17.1. The molecule has 1 amide bonds. The second kappa shape index (κ2) is 7.19. The van der Waals surface area contributed by atoms with Crippen molar-refractivity contribution in [1.82, 2.24) is 4.72 Å². The Bertz CT molecular complexity index is 1190. The molecule has 0 aromatic heterocycles. The highest BCUT2D eigenvalue weighted by molar-refractivity contribution is 7.92. The van der Waals surface area contributed by atoms with E-state index in [1.165, 1.54) is 6.07 Å². The summed E-state index contributed by atoms with van der Waals surface area (Å²) >= 11 is 0. The van der Waals surface area contributed by atoms with Gasteiger partial charge >= 0.3 is 10.2 Å². The summed E-state index contributed by atoms with van der Waals surface area (Å²) in [4.78, 5) is 11.4. The Balaban J connectivity index is 1.99. The topological polar surface area (TPSA) is 133 Å². The molecule has 1 heterocycles. The summed E-state index contributed by atoms with van der Waals surface area (Å²) in [5.74, 6) is -2.54. The third kappa shape index (κ3) is 4.59. The summed E-state index contributed by atoms with van der Waals surface area (Å²) in [6, 6.07) is 7.19. The van der Waals surface area contributed by atoms with Gasteiger partial charge in [-0.25, -0.2) is 21.8 Å². The molecule has 0 bridgehead atoms. The number of sulfonamides is 1. The van der Waals surface area contributed by atoms with Crippen molar-refractivity contribution in [3.8, 4) is 5.75 Å². The Morgan fingerprint density at radius 2 is 1.97 bits per heavy atom. The van der Waals surface area contributed by atoms with Gasteiger partial charge in [0.1, 0.15) is 18.0 Å². The lowest BCUT2D eigenvalue weighted by Gasteiger charge is -2.18. The number of aromatic hydroxyl groups is 1. The predicted octanol–water partition coefficient (Wildman–Crippen LogP) is 0.983. The minimum atomic E-state index is -4.28. The third-order valence-corrected chi connectivity index (χ3v) is 6.09. The summed E-state index contributed by atoms with van der Waals surface area (Å²) in [6.07, 6.45) is 1.07. The number of rotatable bonds is 5. The average molecular weight is 443 g/mol. The van der Waals surface area contributed by atoms with Crippen molar-refractivity contribution < 1.29 is 31.1 Å². The molecule has 2 aromatic rings. The van der Waals surface area contributed by atoms with Crippen LogP contribution in [0.4, 0.5) is 15.8 Å². The van der Waals surface area contributed by atoms with Gasteiger partial charge in [-0.05, 0) is 42.7 Å². The van der Waals surface area contributed by atoms with Crippen LogP contribution in [-0.4, -0.2) is 40.6 Å². The van der Waals surface area contributed by atoms with Crippen molar-refractivity contribution in [2.75, 3.05) is 21.8 Å². The van der Waals surface area contributed by atoms with Crippen LogP contribution in [0, 0.1) is 12.7 Å². The van der Waals surface area contributed by atoms with E-state index in [4.69, 9.17) is 0 Å². The molecule has 1 aliphatic heterocycles. The van der Waals surface area contributed by atoms with Crippen LogP contribution < -0.4 is 13.7 Å². The number of carbonyl (C=O) groups is 1. The number of halogens is 1. The van der Waals surface area contributed by atoms with Crippen LogP contribution in [0.15, 0.2) is 30.3 Å². The number of nitrogens with one attached hydrogen (secondary N) is 2. The summed E-state index contributed by atoms with van der Waals surface area (Å²) in [5.41, 5.74) is 1.33. The Morgan fingerprint density at radius 1 is 1.28 bits per heavy atom. The van der Waals surface area contributed by atoms with Gasteiger partial charge < -0.3 is 5.11 Å². The summed E-state index contributed by atoms with van der Waals surface area (Å²) in [5, 5.41) is 10.2. The molecule has 9 nitrogen and oxygen atoms in total. The first-order valence-electron chi connectivity index (χ1n) is 8.28. The van der Waals surface area contributed by atoms with Crippen LogP contribution >= 0.6 is 0 Å². The maximum Gasteiger partial charge on any atom is 0.326 e. The minimum absolute atomic E-state index is 0.0637. The molecule has 0 atom stereocenters. The van der Waals surface area contributed by atoms with Gasteiger partial charge in [0.2, 0.25) is 10.0 Å². The molecule has 2 aromatic carbocycles. The van der Waals surface area contributed by atoms with Crippen molar-refractivity contribution in [3.63, 3.8) is 0 Å². The lowest BCUT2D eigenvalue weighted by Crippen LogP contribution is -2.30. The van der Waals surface area contributed by atoms with Gasteiger partial charge in [-0.2, -0.15) is 8.42 Å². The van der Waals surface area contributed by atoms with Crippen LogP contribution in [0.2, 0.25) is 0 Å². The predicted molar refractivity (Wildman–Crippen MR) is 105 cm³/mol. The number of anilines is 2. The van der Waals surface area contributed by atoms with Crippen molar-refractivity contribution in [1.29, 1.82) is 0 Å². The lowest BCUT2D eigenvalue weighted by atomic mass is 10.0. The number of amides is 1. The van der Waals surface area contributed by atoms with Crippen LogP contribution in [0.3, 0.4) is 0 Å². The summed E-state index contributed by atoms with van der Waals surface area (Å²) < 4.78 is 66.2. The van der Waals surface area contributed by atoms with Gasteiger partial charge in [0, 0.05) is 0 Å². The molecule has 1 fully saturated rings. The smallest absolute Gasteiger partial charge is 0.326 e. The van der Waals surface area contributed by atoms with Gasteiger partial charge in [0.05, 0.1) is 11.9 Å². The second-order valence-corrected chi connectivity index (χ2v) is 10.0. The zero-order chi connectivity index (χ0) is 21.6. The molecule has 3 rings (SSSR count). The van der Waals surface area contributed by atoms with Gasteiger partial charge in [0.15, 0.2) is 5.82 Å². The zero-order valence-electron chi connectivity index (χ0n) is 15.4. The van der Waals surface area contributed by atoms with Crippen LogP contribution in [0.5, 0.6) is 5.75 Å². The fourth-order valence-corrected chi connectivity index (χ4v) is 4.79. The SMILES string of the molecule is Cc1ccc(NS(C)(=O)=O)c(Cc2cc(O)c(N3CC(=O)NS3(=O)=O)c(F)c2)c1. The molecule has 12 heteroatoms. The van der Waals surface area contributed by atoms with Crippen LogP contribution in [-0.2, 0) is 31.4 Å². The van der Waals surface area contributed by atoms with Gasteiger partial charge in [-0.3, -0.25) is 9.52 Å². The van der Waals surface area contributed by atoms with Gasteiger partial charge in [-0.15, -0.1) is 0 Å². The first kappa shape index (κ1) is 20.9. The second-order valence-electron chi connectivity index (χ2n) is 6.69. The number of carbonyl (C=O) groups excluding carboxylic acids is 1. The van der Waals surface area contributed by atoms with E-state index in [2.05, 4.69) is 4.72 Å². The first-order valence-corrected chi connectivity index (χ1v) is 11.6. The van der Waals surface area contributed by atoms with E-state index in [0.29, 0.717) is 15.6 Å². The number of hydrogen-bond donors (Lipinski definition) is 3. The Labute approximate surface area is 167 Å². The van der Waals surface area contributed by atoms with Gasteiger partial charge in [-0.1, -0.05) is 17.7 Å². The summed E-state index contributed by atoms with van der Waals surface area (Å²) in [7, 11) is -7.82. The molecular weight excluding hydrogens is 425 g/mol. The molecular formula is C17H18FN3O6S2. The van der Waals surface area contributed by atoms with E-state index in [1.807, 2.05) is 0 Å². The van der Waals surface area contributed by atoms with Crippen LogP contribution in [0.25, 0.3) is 0 Å². The third-order valence-electron chi connectivity index (χ3n) is 4.12. The van der Waals surface area contributed by atoms with E-state index in [-0.39, 0.29) is 12.0 Å². The lowest BCUT2D eigenvalue weighted by molar-refractivity contribution is -0.117. The first-order chi connectivity index (χ1) is 13.4. The molecule has 0 saturated carbocycles. The quantitative estimate of drug-likeness (QED) is 0.631. The molecule has 29 heavy (non-hydrogen) atoms. The number of hydrogen-bond acceptors (Lipinski definition) is 6. The Morgan fingerprint density at radius 3 is 2.52 bits per heavy atom. The monoisotopic (exact) mass is 443 g/mol. The van der Waals surface area contributed by atoms with E-state index < -0.39 is 49.9 Å². The van der Waals surface area contributed by atoms with Crippen molar-refractivity contribution >= 4 is 37.5 Å². The number of aryl methyl sites for hydroxylation is 1. The molecule has 0 aliphatic carbocycles. The summed E-state index contributed by atoms with van der Waals surface area (Å²) in [6.45, 7) is 1.16. The number of phenolic OH excluding ortho intramolecular Hbond substituents is 1. The van der Waals surface area contributed by atoms with Crippen molar-refractivity contribution in [3.05, 3.63) is 52.8 Å². The van der Waals surface area contributed by atoms with E-state index in [9.17, 15) is 31.1 Å². The average Bonchev–Trinajstić information content (AvgIpc) is 2.81. The maximum atomic E-state index is 14.7. The normalized spacial score (nSPS) is 16.0. The fraction of sp³-hybridized carbons (Fsp3) is 0.235. The number of nitrogens with zero attached hydrogens (tertiary/aromatic N) is 1. The van der Waals surface area contributed by atoms with Crippen LogP contribution in [0.1, 0.15) is 16.7 Å². The molecule has 0 unspecified atom stereocenters. The Hall–Kier alpha value is -2.86. The van der Waals surface area contributed by atoms with E-state index >= 15 is 0 Å². The molecule has 0 radical (unpaired) electrons. The van der Waals surface area contributed by atoms with E-state index in [1.54, 1.807) is 29.8 Å². The highest BCUT2D eigenvalue weighted by Crippen LogP contribution is 2.35. The van der Waals surface area contributed by atoms with Crippen molar-refractivity contribution in [2.45, 2.75) is 13.3 Å². The molecule has 3 N–H and O–H groups in total. The maximum absolute atomic E-state index is 14.7. The number of phenols is 1. The van der Waals surface area contributed by atoms with Crippen molar-refractivity contribution in [2.24, 2.45) is 0 Å². The van der Waals surface area contributed by atoms with Gasteiger partial charge in [0.25, 0.3) is 5.91 Å². The minimum Gasteiger partial charge on any atom is -0.506 e.